The van der Waals surface area contributed by atoms with Crippen molar-refractivity contribution in [1.29, 1.82) is 0 Å². The molecular weight excluding hydrogens is 188 g/mol. The smallest absolute Gasteiger partial charge is 0.250 e. The van der Waals surface area contributed by atoms with Crippen LogP contribution in [0.25, 0.3) is 0 Å². The maximum atomic E-state index is 6.11. The fourth-order valence-corrected chi connectivity index (χ4v) is 4.09. The van der Waals surface area contributed by atoms with Gasteiger partial charge in [0.1, 0.15) is 0 Å². The van der Waals surface area contributed by atoms with Gasteiger partial charge < -0.3 is 4.43 Å². The molecule has 0 fully saturated rings. The Labute approximate surface area is 90.0 Å². The van der Waals surface area contributed by atoms with Crippen molar-refractivity contribution in [2.45, 2.75) is 52.8 Å². The van der Waals surface area contributed by atoms with Crippen LogP contribution in [0.2, 0.25) is 18.1 Å². The van der Waals surface area contributed by atoms with Crippen LogP contribution in [0.1, 0.15) is 34.6 Å². The number of hydrogen-bond donors (Lipinski definition) is 0. The van der Waals surface area contributed by atoms with Crippen molar-refractivity contribution in [1.82, 2.24) is 0 Å². The normalized spacial score (nSPS) is 12.8. The van der Waals surface area contributed by atoms with Gasteiger partial charge in [-0.05, 0) is 37.6 Å². The topological polar surface area (TPSA) is 9.23 Å². The molecule has 0 heterocycles. The van der Waals surface area contributed by atoms with Crippen molar-refractivity contribution in [3.8, 4) is 0 Å². The number of allylic oxidation sites excluding steroid dienone is 2. The molecule has 0 aromatic heterocycles. The van der Waals surface area contributed by atoms with E-state index in [1.165, 1.54) is 18.1 Å². The number of hydrogen-bond acceptors (Lipinski definition) is 1. The van der Waals surface area contributed by atoms with Crippen molar-refractivity contribution in [3.05, 3.63) is 24.0 Å². The first-order valence-electron chi connectivity index (χ1n) is 5.56. The van der Waals surface area contributed by atoms with Crippen molar-refractivity contribution in [2.75, 3.05) is 0 Å². The van der Waals surface area contributed by atoms with E-state index in [1.807, 2.05) is 6.92 Å². The van der Waals surface area contributed by atoms with E-state index in [0.29, 0.717) is 0 Å². The molecule has 0 radical (unpaired) electrons. The van der Waals surface area contributed by atoms with Crippen molar-refractivity contribution < 1.29 is 4.43 Å². The highest BCUT2D eigenvalue weighted by atomic mass is 28.4. The molecule has 0 spiro atoms. The average molecular weight is 212 g/mol. The van der Waals surface area contributed by atoms with Gasteiger partial charge in [-0.2, -0.15) is 0 Å². The van der Waals surface area contributed by atoms with Gasteiger partial charge in [-0.25, -0.2) is 0 Å². The molecule has 0 atom stereocenters. The molecule has 0 aromatic rings. The second kappa shape index (κ2) is 6.07. The summed E-state index contributed by atoms with van der Waals surface area (Å²) in [5.74, 6) is 0.879. The summed E-state index contributed by atoms with van der Waals surface area (Å²) < 4.78 is 6.11. The molecule has 0 aliphatic carbocycles. The van der Waals surface area contributed by atoms with E-state index in [-0.39, 0.29) is 0 Å². The van der Waals surface area contributed by atoms with Gasteiger partial charge in [0.05, 0.1) is 5.76 Å². The van der Waals surface area contributed by atoms with Crippen molar-refractivity contribution in [2.24, 2.45) is 0 Å². The summed E-state index contributed by atoms with van der Waals surface area (Å²) in [5.41, 5.74) is 1.16. The van der Waals surface area contributed by atoms with E-state index in [1.54, 1.807) is 0 Å². The molecule has 0 aromatic carbocycles. The van der Waals surface area contributed by atoms with Gasteiger partial charge >= 0.3 is 0 Å². The highest BCUT2D eigenvalue weighted by Gasteiger charge is 2.30. The van der Waals surface area contributed by atoms with Crippen LogP contribution in [-0.4, -0.2) is 8.32 Å². The maximum absolute atomic E-state index is 6.11. The summed E-state index contributed by atoms with van der Waals surface area (Å²) in [4.78, 5) is 0. The molecule has 0 saturated carbocycles. The molecule has 0 aliphatic heterocycles. The molecule has 0 bridgehead atoms. The third-order valence-corrected chi connectivity index (χ3v) is 7.69. The van der Waals surface area contributed by atoms with Gasteiger partial charge in [0.25, 0.3) is 0 Å². The third-order valence-electron chi connectivity index (χ3n) is 3.15. The molecule has 1 nitrogen and oxygen atoms in total. The largest absolute Gasteiger partial charge is 0.544 e. The Kier molecular flexibility index (Phi) is 5.85. The lowest BCUT2D eigenvalue weighted by atomic mass is 10.3. The van der Waals surface area contributed by atoms with E-state index >= 15 is 0 Å². The summed E-state index contributed by atoms with van der Waals surface area (Å²) in [6.07, 6.45) is 2.06. The molecule has 0 unspecified atom stereocenters. The standard InChI is InChI=1S/C12H24OSi/c1-7-11(5)12(6)13-14(8-2,9-3)10-4/h7H,6,8-10H2,1-5H3. The molecule has 2 heteroatoms. The lowest BCUT2D eigenvalue weighted by Crippen LogP contribution is -2.35. The average Bonchev–Trinajstić information content (AvgIpc) is 2.24. The lowest BCUT2D eigenvalue weighted by Gasteiger charge is -2.30. The van der Waals surface area contributed by atoms with Crippen LogP contribution in [-0.2, 0) is 4.43 Å². The number of rotatable bonds is 6. The van der Waals surface area contributed by atoms with E-state index in [0.717, 1.165) is 11.3 Å². The Bertz CT molecular complexity index is 206. The van der Waals surface area contributed by atoms with Crippen LogP contribution < -0.4 is 0 Å². The third kappa shape index (κ3) is 3.33. The summed E-state index contributed by atoms with van der Waals surface area (Å²) >= 11 is 0. The van der Waals surface area contributed by atoms with E-state index in [4.69, 9.17) is 4.43 Å². The summed E-state index contributed by atoms with van der Waals surface area (Å²) in [6, 6.07) is 3.53. The van der Waals surface area contributed by atoms with Crippen molar-refractivity contribution >= 4 is 8.32 Å². The van der Waals surface area contributed by atoms with Gasteiger partial charge in [0, 0.05) is 0 Å². The SMILES string of the molecule is C=C(O[Si](CC)(CC)CC)C(C)=CC. The van der Waals surface area contributed by atoms with Crippen LogP contribution in [0, 0.1) is 0 Å². The first-order valence-corrected chi connectivity index (χ1v) is 8.09. The first kappa shape index (κ1) is 13.5. The van der Waals surface area contributed by atoms with E-state index < -0.39 is 8.32 Å². The van der Waals surface area contributed by atoms with E-state index in [9.17, 15) is 0 Å². The Morgan fingerprint density at radius 2 is 1.64 bits per heavy atom. The quantitative estimate of drug-likeness (QED) is 0.358. The molecule has 82 valence electrons. The second-order valence-corrected chi connectivity index (χ2v) is 8.43. The molecule has 0 N–H and O–H groups in total. The van der Waals surface area contributed by atoms with Gasteiger partial charge in [-0.3, -0.25) is 0 Å². The predicted molar refractivity (Wildman–Crippen MR) is 66.9 cm³/mol. The maximum Gasteiger partial charge on any atom is 0.250 e. The van der Waals surface area contributed by atoms with Gasteiger partial charge in [0.15, 0.2) is 0 Å². The highest BCUT2D eigenvalue weighted by molar-refractivity contribution is 6.73. The van der Waals surface area contributed by atoms with E-state index in [2.05, 4.69) is 40.3 Å². The molecular formula is C12H24OSi. The van der Waals surface area contributed by atoms with Gasteiger partial charge in [-0.15, -0.1) is 0 Å². The zero-order valence-corrected chi connectivity index (χ0v) is 11.3. The van der Waals surface area contributed by atoms with Crippen LogP contribution >= 0.6 is 0 Å². The fourth-order valence-electron chi connectivity index (χ4n) is 1.47. The molecule has 0 aliphatic rings. The Morgan fingerprint density at radius 1 is 1.21 bits per heavy atom. The fraction of sp³-hybridized carbons (Fsp3) is 0.667. The van der Waals surface area contributed by atoms with Crippen LogP contribution in [0.3, 0.4) is 0 Å². The zero-order chi connectivity index (χ0) is 11.2. The summed E-state index contributed by atoms with van der Waals surface area (Å²) in [5, 5.41) is 0. The van der Waals surface area contributed by atoms with Crippen LogP contribution in [0.4, 0.5) is 0 Å². The lowest BCUT2D eigenvalue weighted by molar-refractivity contribution is 0.417. The molecule has 0 rings (SSSR count). The minimum Gasteiger partial charge on any atom is -0.544 e. The van der Waals surface area contributed by atoms with Crippen molar-refractivity contribution in [3.63, 3.8) is 0 Å². The predicted octanol–water partition coefficient (Wildman–Crippen LogP) is 4.49. The monoisotopic (exact) mass is 212 g/mol. The van der Waals surface area contributed by atoms with Gasteiger partial charge in [-0.1, -0.05) is 33.4 Å². The molecule has 14 heavy (non-hydrogen) atoms. The Balaban J connectivity index is 4.53. The van der Waals surface area contributed by atoms with Gasteiger partial charge in [0.2, 0.25) is 8.32 Å². The minimum absolute atomic E-state index is 0.879. The Hall–Kier alpha value is -0.503. The second-order valence-electron chi connectivity index (χ2n) is 3.74. The Morgan fingerprint density at radius 3 is 1.93 bits per heavy atom. The summed E-state index contributed by atoms with van der Waals surface area (Å²) in [6.45, 7) is 14.8. The summed E-state index contributed by atoms with van der Waals surface area (Å²) in [7, 11) is -1.50. The van der Waals surface area contributed by atoms with Crippen LogP contribution in [0.5, 0.6) is 0 Å². The minimum atomic E-state index is -1.50. The highest BCUT2D eigenvalue weighted by Crippen LogP contribution is 2.26. The molecule has 0 saturated heterocycles. The zero-order valence-electron chi connectivity index (χ0n) is 10.3. The first-order chi connectivity index (χ1) is 6.55. The molecule has 0 amide bonds. The van der Waals surface area contributed by atoms with Crippen LogP contribution in [0.15, 0.2) is 24.0 Å².